The predicted molar refractivity (Wildman–Crippen MR) is 186 cm³/mol. The van der Waals surface area contributed by atoms with E-state index in [1.807, 2.05) is 19.1 Å². The molecule has 0 spiro atoms. The number of ether oxygens (including phenoxy) is 2. The molecule has 2 saturated heterocycles. The number of nitrogens with zero attached hydrogens (tertiary/aromatic N) is 3. The molecular formula is C37H52F3N3O4Si. The quantitative estimate of drug-likeness (QED) is 0.223. The minimum Gasteiger partial charge on any atom is -0.543 e. The van der Waals surface area contributed by atoms with E-state index in [4.69, 9.17) is 13.9 Å². The summed E-state index contributed by atoms with van der Waals surface area (Å²) in [5.74, 6) is 7.04. The first-order valence-corrected chi connectivity index (χ1v) is 19.6. The zero-order chi connectivity index (χ0) is 35.5. The lowest BCUT2D eigenvalue weighted by molar-refractivity contribution is -0.137. The molecule has 264 valence electrons. The summed E-state index contributed by atoms with van der Waals surface area (Å²) in [6.45, 7) is 22.2. The molecule has 0 aromatic heterocycles. The highest BCUT2D eigenvalue weighted by atomic mass is 28.4. The van der Waals surface area contributed by atoms with Crippen LogP contribution in [0.15, 0.2) is 36.4 Å². The van der Waals surface area contributed by atoms with Gasteiger partial charge in [-0.2, -0.15) is 13.2 Å². The number of benzene rings is 2. The molecule has 0 aliphatic carbocycles. The lowest BCUT2D eigenvalue weighted by atomic mass is 9.99. The second-order valence-corrected chi connectivity index (χ2v) is 19.9. The van der Waals surface area contributed by atoms with E-state index in [2.05, 4.69) is 75.4 Å². The Kier molecular flexibility index (Phi) is 11.7. The van der Waals surface area contributed by atoms with Crippen molar-refractivity contribution in [2.45, 2.75) is 83.9 Å². The van der Waals surface area contributed by atoms with Crippen molar-refractivity contribution < 1.29 is 31.9 Å². The monoisotopic (exact) mass is 687 g/mol. The van der Waals surface area contributed by atoms with Crippen LogP contribution in [-0.4, -0.2) is 100 Å². The smallest absolute Gasteiger partial charge is 0.416 e. The molecule has 7 nitrogen and oxygen atoms in total. The number of amides is 1. The number of alkyl halides is 3. The third-order valence-electron chi connectivity index (χ3n) is 9.95. The van der Waals surface area contributed by atoms with Gasteiger partial charge in [0.05, 0.1) is 39.0 Å². The zero-order valence-corrected chi connectivity index (χ0v) is 31.0. The van der Waals surface area contributed by atoms with E-state index >= 15 is 0 Å². The summed E-state index contributed by atoms with van der Waals surface area (Å²) >= 11 is 0. The normalized spacial score (nSPS) is 19.4. The van der Waals surface area contributed by atoms with E-state index in [1.54, 1.807) is 4.90 Å². The molecule has 4 rings (SSSR count). The van der Waals surface area contributed by atoms with Crippen molar-refractivity contribution >= 4 is 14.2 Å². The molecule has 0 N–H and O–H groups in total. The number of hydrogen-bond donors (Lipinski definition) is 0. The molecule has 11 heteroatoms. The van der Waals surface area contributed by atoms with Gasteiger partial charge in [0.25, 0.3) is 5.91 Å². The topological polar surface area (TPSA) is 54.5 Å². The zero-order valence-electron chi connectivity index (χ0n) is 30.0. The van der Waals surface area contributed by atoms with Crippen LogP contribution in [0.2, 0.25) is 18.1 Å². The summed E-state index contributed by atoms with van der Waals surface area (Å²) in [6.07, 6.45) is -4.10. The maximum Gasteiger partial charge on any atom is 0.416 e. The fourth-order valence-electron chi connectivity index (χ4n) is 5.76. The average Bonchev–Trinajstić information content (AvgIpc) is 3.00. The molecule has 0 saturated carbocycles. The summed E-state index contributed by atoms with van der Waals surface area (Å²) in [5.41, 5.74) is 1.01. The van der Waals surface area contributed by atoms with Gasteiger partial charge in [-0.3, -0.25) is 14.6 Å². The van der Waals surface area contributed by atoms with Crippen molar-refractivity contribution in [1.29, 1.82) is 0 Å². The Morgan fingerprint density at radius 3 is 2.40 bits per heavy atom. The Bertz CT molecular complexity index is 1510. The number of halogens is 3. The molecule has 2 aliphatic heterocycles. The van der Waals surface area contributed by atoms with Crippen molar-refractivity contribution in [1.82, 2.24) is 14.7 Å². The van der Waals surface area contributed by atoms with Gasteiger partial charge in [0.1, 0.15) is 11.5 Å². The molecule has 0 radical (unpaired) electrons. The van der Waals surface area contributed by atoms with Crippen molar-refractivity contribution in [2.75, 3.05) is 59.6 Å². The van der Waals surface area contributed by atoms with Gasteiger partial charge < -0.3 is 18.8 Å². The van der Waals surface area contributed by atoms with Crippen LogP contribution in [0.3, 0.4) is 0 Å². The molecule has 48 heavy (non-hydrogen) atoms. The first-order valence-electron chi connectivity index (χ1n) is 16.7. The fraction of sp³-hybridized carbons (Fsp3) is 0.595. The predicted octanol–water partition coefficient (Wildman–Crippen LogP) is 6.89. The second kappa shape index (κ2) is 14.8. The van der Waals surface area contributed by atoms with E-state index in [0.29, 0.717) is 52.4 Å². The van der Waals surface area contributed by atoms with Gasteiger partial charge in [-0.25, -0.2) is 0 Å². The second-order valence-electron chi connectivity index (χ2n) is 15.1. The Morgan fingerprint density at radius 2 is 1.75 bits per heavy atom. The first-order chi connectivity index (χ1) is 22.3. The number of morpholine rings is 1. The Balaban J connectivity index is 1.59. The number of aryl methyl sites for hydroxylation is 1. The van der Waals surface area contributed by atoms with Crippen molar-refractivity contribution in [3.8, 4) is 23.3 Å². The van der Waals surface area contributed by atoms with Gasteiger partial charge in [0, 0.05) is 43.3 Å². The minimum atomic E-state index is -4.61. The van der Waals surface area contributed by atoms with Crippen LogP contribution in [-0.2, 0) is 17.3 Å². The number of carbonyl (C=O) groups is 1. The van der Waals surface area contributed by atoms with E-state index in [1.165, 1.54) is 13.2 Å². The van der Waals surface area contributed by atoms with Crippen molar-refractivity contribution in [3.63, 3.8) is 0 Å². The number of carbonyl (C=O) groups excluding carboxylic acids is 1. The SMILES string of the molecule is COc1cc(C(=O)N2CCN(CC#CCN3CCOCC3(C)C)CC2Cc2ccc(C)c(O[Si](C)(C)C(C)(C)C)c2)cc(C(F)(F)F)c1. The summed E-state index contributed by atoms with van der Waals surface area (Å²) in [7, 11) is -0.813. The molecule has 2 aromatic rings. The number of hydrogen-bond acceptors (Lipinski definition) is 6. The Morgan fingerprint density at radius 1 is 1.04 bits per heavy atom. The van der Waals surface area contributed by atoms with Crippen LogP contribution in [0.4, 0.5) is 13.2 Å². The Hall–Kier alpha value is -3.04. The molecule has 2 heterocycles. The standard InChI is InChI=1S/C37H52F3N3O4Si/c1-27-12-13-28(21-33(27)47-48(8,9)35(2,3)4)20-31-25-41(14-10-11-15-42-18-19-46-26-36(42,5)6)16-17-43(31)34(44)29-22-30(37(38,39)40)24-32(23-29)45-7/h12-13,21-24,31H,14-20,25-26H2,1-9H3. The van der Waals surface area contributed by atoms with Gasteiger partial charge in [-0.1, -0.05) is 44.7 Å². The van der Waals surface area contributed by atoms with Gasteiger partial charge in [-0.05, 0) is 80.7 Å². The van der Waals surface area contributed by atoms with Gasteiger partial charge in [0.2, 0.25) is 8.32 Å². The first kappa shape index (κ1) is 37.8. The van der Waals surface area contributed by atoms with Crippen LogP contribution in [0.25, 0.3) is 0 Å². The van der Waals surface area contributed by atoms with Crippen LogP contribution in [0.5, 0.6) is 11.5 Å². The molecule has 1 atom stereocenters. The van der Waals surface area contributed by atoms with Crippen LogP contribution >= 0.6 is 0 Å². The van der Waals surface area contributed by atoms with Gasteiger partial charge in [-0.15, -0.1) is 0 Å². The summed E-state index contributed by atoms with van der Waals surface area (Å²) in [5, 5.41) is 0.0209. The van der Waals surface area contributed by atoms with E-state index in [9.17, 15) is 18.0 Å². The molecule has 2 aliphatic rings. The lowest BCUT2D eigenvalue weighted by Gasteiger charge is -2.41. The summed E-state index contributed by atoms with van der Waals surface area (Å²) in [6, 6.07) is 9.08. The van der Waals surface area contributed by atoms with E-state index < -0.39 is 26.0 Å². The molecule has 1 unspecified atom stereocenters. The fourth-order valence-corrected chi connectivity index (χ4v) is 6.84. The molecule has 1 amide bonds. The van der Waals surface area contributed by atoms with Gasteiger partial charge >= 0.3 is 6.18 Å². The maximum atomic E-state index is 14.0. The lowest BCUT2D eigenvalue weighted by Crippen LogP contribution is -2.56. The summed E-state index contributed by atoms with van der Waals surface area (Å²) in [4.78, 5) is 20.3. The van der Waals surface area contributed by atoms with Crippen LogP contribution in [0.1, 0.15) is 61.7 Å². The average molecular weight is 688 g/mol. The highest BCUT2D eigenvalue weighted by Crippen LogP contribution is 2.39. The highest BCUT2D eigenvalue weighted by molar-refractivity contribution is 6.74. The molecule has 2 aromatic carbocycles. The van der Waals surface area contributed by atoms with Crippen LogP contribution < -0.4 is 9.16 Å². The number of rotatable bonds is 8. The van der Waals surface area contributed by atoms with Crippen molar-refractivity contribution in [3.05, 3.63) is 58.7 Å². The molecule has 0 bridgehead atoms. The van der Waals surface area contributed by atoms with Crippen LogP contribution in [0, 0.1) is 18.8 Å². The molecule has 2 fully saturated rings. The van der Waals surface area contributed by atoms with Gasteiger partial charge in [0.15, 0.2) is 0 Å². The third kappa shape index (κ3) is 9.34. The third-order valence-corrected chi connectivity index (χ3v) is 14.3. The number of piperazine rings is 1. The number of methoxy groups -OCH3 is 1. The maximum absolute atomic E-state index is 14.0. The van der Waals surface area contributed by atoms with E-state index in [0.717, 1.165) is 35.6 Å². The Labute approximate surface area is 285 Å². The van der Waals surface area contributed by atoms with Crippen molar-refractivity contribution in [2.24, 2.45) is 0 Å². The van der Waals surface area contributed by atoms with E-state index in [-0.39, 0.29) is 27.9 Å². The minimum absolute atomic E-state index is 0.00645. The highest BCUT2D eigenvalue weighted by Gasteiger charge is 2.40. The summed E-state index contributed by atoms with van der Waals surface area (Å²) < 4.78 is 58.7. The molecular weight excluding hydrogens is 636 g/mol. The largest absolute Gasteiger partial charge is 0.543 e.